The van der Waals surface area contributed by atoms with E-state index in [0.29, 0.717) is 16.1 Å². The van der Waals surface area contributed by atoms with E-state index in [4.69, 9.17) is 10.5 Å². The van der Waals surface area contributed by atoms with Gasteiger partial charge in [0.25, 0.3) is 5.91 Å². The molecule has 0 aliphatic rings. The van der Waals surface area contributed by atoms with Crippen molar-refractivity contribution in [3.8, 4) is 0 Å². The summed E-state index contributed by atoms with van der Waals surface area (Å²) in [5.74, 6) is -0.866. The second-order valence-electron chi connectivity index (χ2n) is 6.47. The van der Waals surface area contributed by atoms with E-state index in [-0.39, 0.29) is 12.4 Å². The maximum absolute atomic E-state index is 12.8. The number of hydrogen-bond donors (Lipinski definition) is 3. The van der Waals surface area contributed by atoms with Gasteiger partial charge in [-0.25, -0.2) is 4.79 Å². The van der Waals surface area contributed by atoms with E-state index < -0.39 is 18.2 Å². The van der Waals surface area contributed by atoms with Gasteiger partial charge in [-0.2, -0.15) is 0 Å². The number of carbonyl (C=O) groups excluding carboxylic acids is 3. The summed E-state index contributed by atoms with van der Waals surface area (Å²) in [5.41, 5.74) is 7.47. The zero-order chi connectivity index (χ0) is 21.5. The molecule has 7 nitrogen and oxygen atoms in total. The van der Waals surface area contributed by atoms with Crippen molar-refractivity contribution >= 4 is 34.1 Å². The van der Waals surface area contributed by atoms with Gasteiger partial charge in [0.1, 0.15) is 11.6 Å². The van der Waals surface area contributed by atoms with Crippen LogP contribution in [0.1, 0.15) is 26.4 Å². The second-order valence-corrected chi connectivity index (χ2v) is 7.72. The lowest BCUT2D eigenvalue weighted by Crippen LogP contribution is -2.50. The monoisotopic (exact) mass is 423 g/mol. The Hall–Kier alpha value is -3.49. The van der Waals surface area contributed by atoms with Crippen LogP contribution in [0.25, 0.3) is 0 Å². The number of ether oxygens (including phenoxy) is 1. The molecule has 0 spiro atoms. The van der Waals surface area contributed by atoms with Crippen LogP contribution in [-0.2, 0) is 16.1 Å². The third-order valence-corrected chi connectivity index (χ3v) is 5.11. The molecule has 0 aliphatic carbocycles. The van der Waals surface area contributed by atoms with Gasteiger partial charge in [0.2, 0.25) is 0 Å². The zero-order valence-electron chi connectivity index (χ0n) is 16.3. The summed E-state index contributed by atoms with van der Waals surface area (Å²) in [7, 11) is 0. The number of rotatable bonds is 7. The third kappa shape index (κ3) is 5.53. The molecule has 1 aromatic heterocycles. The summed E-state index contributed by atoms with van der Waals surface area (Å²) in [5, 5.41) is 5.28. The molecule has 8 heteroatoms. The van der Waals surface area contributed by atoms with Crippen molar-refractivity contribution in [3.05, 3.63) is 88.3 Å². The fourth-order valence-electron chi connectivity index (χ4n) is 2.67. The highest BCUT2D eigenvalue weighted by atomic mass is 32.1. The van der Waals surface area contributed by atoms with Crippen LogP contribution in [0.15, 0.2) is 66.7 Å². The average Bonchev–Trinajstić information content (AvgIpc) is 3.13. The number of carbonyl (C=O) groups is 3. The van der Waals surface area contributed by atoms with Crippen molar-refractivity contribution in [1.82, 2.24) is 5.32 Å². The van der Waals surface area contributed by atoms with E-state index in [9.17, 15) is 14.4 Å². The number of thiophene rings is 1. The highest BCUT2D eigenvalue weighted by Crippen LogP contribution is 2.29. The summed E-state index contributed by atoms with van der Waals surface area (Å²) < 4.78 is 5.06. The first-order valence-electron chi connectivity index (χ1n) is 9.18. The van der Waals surface area contributed by atoms with E-state index in [2.05, 4.69) is 10.6 Å². The normalized spacial score (nSPS) is 11.4. The van der Waals surface area contributed by atoms with Crippen LogP contribution in [0.5, 0.6) is 0 Å². The predicted molar refractivity (Wildman–Crippen MR) is 115 cm³/mol. The lowest BCUT2D eigenvalue weighted by Gasteiger charge is -2.14. The standard InChI is InChI=1S/C22H21N3O4S/c1-14-12-17(18(26)16-10-6-3-7-11-16)21(30-14)25-20(27)19(23)24-22(28)29-13-15-8-4-2-5-9-15/h2-12,19H,13,23H2,1H3,(H,24,28)(H,25,27). The fourth-order valence-corrected chi connectivity index (χ4v) is 3.58. The van der Waals surface area contributed by atoms with Crippen LogP contribution < -0.4 is 16.4 Å². The maximum Gasteiger partial charge on any atom is 0.409 e. The number of ketones is 1. The highest BCUT2D eigenvalue weighted by molar-refractivity contribution is 7.16. The minimum atomic E-state index is -1.34. The van der Waals surface area contributed by atoms with Crippen LogP contribution in [-0.4, -0.2) is 23.9 Å². The molecule has 3 rings (SSSR count). The van der Waals surface area contributed by atoms with Gasteiger partial charge in [0.05, 0.1) is 5.56 Å². The van der Waals surface area contributed by atoms with Crippen molar-refractivity contribution in [2.45, 2.75) is 19.7 Å². The lowest BCUT2D eigenvalue weighted by atomic mass is 10.1. The molecule has 1 atom stereocenters. The first kappa shape index (κ1) is 21.2. The van der Waals surface area contributed by atoms with Gasteiger partial charge in [-0.1, -0.05) is 60.7 Å². The van der Waals surface area contributed by atoms with Gasteiger partial charge in [0.15, 0.2) is 11.9 Å². The van der Waals surface area contributed by atoms with Crippen molar-refractivity contribution < 1.29 is 19.1 Å². The second kappa shape index (κ2) is 9.82. The molecular formula is C22H21N3O4S. The summed E-state index contributed by atoms with van der Waals surface area (Å²) in [6.45, 7) is 1.89. The molecule has 3 aromatic rings. The summed E-state index contributed by atoms with van der Waals surface area (Å²) in [6, 6.07) is 19.6. The van der Waals surface area contributed by atoms with E-state index in [1.807, 2.05) is 43.3 Å². The zero-order valence-corrected chi connectivity index (χ0v) is 17.1. The molecule has 0 fully saturated rings. The molecular weight excluding hydrogens is 402 g/mol. The Kier molecular flexibility index (Phi) is 6.95. The van der Waals surface area contributed by atoms with Crippen LogP contribution >= 0.6 is 11.3 Å². The number of anilines is 1. The topological polar surface area (TPSA) is 111 Å². The number of benzene rings is 2. The summed E-state index contributed by atoms with van der Waals surface area (Å²) in [6.07, 6.45) is -2.15. The number of nitrogens with two attached hydrogens (primary N) is 1. The van der Waals surface area contributed by atoms with Crippen molar-refractivity contribution in [2.24, 2.45) is 5.73 Å². The third-order valence-electron chi connectivity index (χ3n) is 4.14. The molecule has 154 valence electrons. The van der Waals surface area contributed by atoms with E-state index in [1.54, 1.807) is 30.3 Å². The van der Waals surface area contributed by atoms with Crippen LogP contribution in [0.4, 0.5) is 9.80 Å². The van der Waals surface area contributed by atoms with Crippen molar-refractivity contribution in [3.63, 3.8) is 0 Å². The van der Waals surface area contributed by atoms with Gasteiger partial charge in [0, 0.05) is 10.4 Å². The summed E-state index contributed by atoms with van der Waals surface area (Å²) >= 11 is 1.26. The van der Waals surface area contributed by atoms with Crippen LogP contribution in [0.2, 0.25) is 0 Å². The summed E-state index contributed by atoms with van der Waals surface area (Å²) in [4.78, 5) is 38.0. The van der Waals surface area contributed by atoms with Gasteiger partial charge < -0.3 is 15.8 Å². The minimum absolute atomic E-state index is 0.0564. The molecule has 1 unspecified atom stereocenters. The molecule has 30 heavy (non-hydrogen) atoms. The molecule has 0 radical (unpaired) electrons. The Morgan fingerprint density at radius 2 is 1.67 bits per heavy atom. The first-order chi connectivity index (χ1) is 14.4. The molecule has 0 saturated carbocycles. The van der Waals surface area contributed by atoms with Crippen molar-refractivity contribution in [1.29, 1.82) is 0 Å². The maximum atomic E-state index is 12.8. The smallest absolute Gasteiger partial charge is 0.409 e. The van der Waals surface area contributed by atoms with Crippen LogP contribution in [0, 0.1) is 6.92 Å². The van der Waals surface area contributed by atoms with E-state index in [0.717, 1.165) is 10.4 Å². The Morgan fingerprint density at radius 3 is 2.33 bits per heavy atom. The lowest BCUT2D eigenvalue weighted by molar-refractivity contribution is -0.117. The Bertz CT molecular complexity index is 1040. The van der Waals surface area contributed by atoms with Gasteiger partial charge >= 0.3 is 6.09 Å². The molecule has 1 heterocycles. The Morgan fingerprint density at radius 1 is 1.03 bits per heavy atom. The van der Waals surface area contributed by atoms with Crippen molar-refractivity contribution in [2.75, 3.05) is 5.32 Å². The Labute approximate surface area is 177 Å². The number of hydrogen-bond acceptors (Lipinski definition) is 6. The van der Waals surface area contributed by atoms with Gasteiger partial charge in [-0.15, -0.1) is 11.3 Å². The quantitative estimate of drug-likeness (QED) is 0.398. The number of nitrogens with one attached hydrogen (secondary N) is 2. The fraction of sp³-hybridized carbons (Fsp3) is 0.136. The predicted octanol–water partition coefficient (Wildman–Crippen LogP) is 3.44. The number of alkyl carbamates (subject to hydrolysis) is 1. The highest BCUT2D eigenvalue weighted by Gasteiger charge is 2.22. The van der Waals surface area contributed by atoms with E-state index in [1.165, 1.54) is 11.3 Å². The molecule has 0 aliphatic heterocycles. The van der Waals surface area contributed by atoms with Gasteiger partial charge in [-0.3, -0.25) is 14.9 Å². The molecule has 0 saturated heterocycles. The Balaban J connectivity index is 1.60. The largest absolute Gasteiger partial charge is 0.445 e. The first-order valence-corrected chi connectivity index (χ1v) is 9.99. The number of aryl methyl sites for hydroxylation is 1. The average molecular weight is 423 g/mol. The van der Waals surface area contributed by atoms with Gasteiger partial charge in [-0.05, 0) is 18.6 Å². The molecule has 2 aromatic carbocycles. The minimum Gasteiger partial charge on any atom is -0.445 e. The van der Waals surface area contributed by atoms with Crippen LogP contribution in [0.3, 0.4) is 0 Å². The SMILES string of the molecule is Cc1cc(C(=O)c2ccccc2)c(NC(=O)C(N)NC(=O)OCc2ccccc2)s1. The molecule has 4 N–H and O–H groups in total. The number of amides is 2. The molecule has 0 bridgehead atoms. The molecule has 2 amide bonds. The van der Waals surface area contributed by atoms with E-state index >= 15 is 0 Å².